The predicted octanol–water partition coefficient (Wildman–Crippen LogP) is 4.64. The third-order valence-electron chi connectivity index (χ3n) is 7.41. The van der Waals surface area contributed by atoms with Gasteiger partial charge in [-0.1, -0.05) is 72.3 Å². The maximum absolute atomic E-state index is 12.1. The van der Waals surface area contributed by atoms with Crippen LogP contribution in [0.1, 0.15) is 44.1 Å². The van der Waals surface area contributed by atoms with Crippen LogP contribution in [0.15, 0.2) is 78.4 Å². The van der Waals surface area contributed by atoms with E-state index in [-0.39, 0.29) is 17.3 Å². The number of hydrogen-bond donors (Lipinski definition) is 1. The van der Waals surface area contributed by atoms with Crippen LogP contribution in [0.4, 0.5) is 0 Å². The second-order valence-corrected chi connectivity index (χ2v) is 8.66. The Balaban J connectivity index is 1.47. The summed E-state index contributed by atoms with van der Waals surface area (Å²) in [5.41, 5.74) is 6.52. The van der Waals surface area contributed by atoms with Gasteiger partial charge >= 0.3 is 5.97 Å². The molecule has 1 N–H and O–H groups in total. The van der Waals surface area contributed by atoms with Crippen LogP contribution in [0.2, 0.25) is 0 Å². The number of benzene rings is 3. The van der Waals surface area contributed by atoms with Crippen molar-refractivity contribution in [1.82, 2.24) is 0 Å². The maximum atomic E-state index is 12.1. The molecule has 148 valence electrons. The Labute approximate surface area is 175 Å². The van der Waals surface area contributed by atoms with Crippen molar-refractivity contribution >= 4 is 12.0 Å². The van der Waals surface area contributed by atoms with Crippen LogP contribution in [-0.4, -0.2) is 18.2 Å². The zero-order chi connectivity index (χ0) is 20.5. The van der Waals surface area contributed by atoms with Crippen LogP contribution >= 0.6 is 0 Å². The minimum absolute atomic E-state index is 0.0211. The molecule has 0 amide bonds. The van der Waals surface area contributed by atoms with E-state index < -0.39 is 5.60 Å². The smallest absolute Gasteiger partial charge is 0.337 e. The normalized spacial score (nSPS) is 27.7. The second-order valence-electron chi connectivity index (χ2n) is 8.66. The molecular formula is C27H22O3. The number of rotatable bonds is 3. The molecule has 6 rings (SSSR count). The lowest BCUT2D eigenvalue weighted by Crippen LogP contribution is -2.15. The van der Waals surface area contributed by atoms with Gasteiger partial charge in [0.15, 0.2) is 0 Å². The number of hydrogen-bond acceptors (Lipinski definition) is 3. The minimum atomic E-state index is -0.912. The van der Waals surface area contributed by atoms with Crippen LogP contribution in [-0.2, 0) is 23.2 Å². The van der Waals surface area contributed by atoms with Crippen molar-refractivity contribution in [3.05, 3.63) is 112 Å². The molecule has 3 aromatic carbocycles. The lowest BCUT2D eigenvalue weighted by molar-refractivity contribution is 0.0600. The van der Waals surface area contributed by atoms with E-state index in [1.807, 2.05) is 18.2 Å². The van der Waals surface area contributed by atoms with E-state index in [0.29, 0.717) is 5.56 Å². The second kappa shape index (κ2) is 5.93. The first kappa shape index (κ1) is 17.7. The Kier molecular flexibility index (Phi) is 3.49. The average molecular weight is 394 g/mol. The molecule has 0 aromatic heterocycles. The van der Waals surface area contributed by atoms with Crippen molar-refractivity contribution in [2.75, 3.05) is 7.11 Å². The summed E-state index contributed by atoms with van der Waals surface area (Å²) in [6, 6.07) is 24.3. The molecule has 3 heteroatoms. The van der Waals surface area contributed by atoms with Gasteiger partial charge in [0, 0.05) is 11.3 Å². The fourth-order valence-electron chi connectivity index (χ4n) is 6.06. The summed E-state index contributed by atoms with van der Waals surface area (Å²) in [4.78, 5) is 11.9. The summed E-state index contributed by atoms with van der Waals surface area (Å²) in [6.07, 6.45) is 4.00. The lowest BCUT2D eigenvalue weighted by atomic mass is 9.85. The Bertz CT molecular complexity index is 1220. The first-order chi connectivity index (χ1) is 14.6. The first-order valence-corrected chi connectivity index (χ1v) is 10.4. The molecular weight excluding hydrogens is 372 g/mol. The van der Waals surface area contributed by atoms with E-state index >= 15 is 0 Å². The summed E-state index contributed by atoms with van der Waals surface area (Å²) in [6.45, 7) is 0. The van der Waals surface area contributed by atoms with Crippen molar-refractivity contribution in [1.29, 1.82) is 0 Å². The minimum Gasteiger partial charge on any atom is -0.465 e. The van der Waals surface area contributed by atoms with Gasteiger partial charge in [0.2, 0.25) is 0 Å². The molecule has 1 fully saturated rings. The lowest BCUT2D eigenvalue weighted by Gasteiger charge is -2.17. The van der Waals surface area contributed by atoms with Gasteiger partial charge in [0.05, 0.1) is 12.7 Å². The molecule has 0 heterocycles. The molecule has 3 nitrogen and oxygen atoms in total. The number of ether oxygens (including phenoxy) is 1. The number of methoxy groups -OCH3 is 1. The molecule has 0 saturated heterocycles. The van der Waals surface area contributed by atoms with E-state index in [1.165, 1.54) is 29.4 Å². The molecule has 0 spiro atoms. The van der Waals surface area contributed by atoms with E-state index in [2.05, 4.69) is 48.5 Å². The van der Waals surface area contributed by atoms with Crippen LogP contribution < -0.4 is 0 Å². The standard InChI is InChI=1S/C27H22O3/c1-30-25(28)18-12-10-17(11-13-18)24-26(22-14-19-6-2-3-7-20(19)15-22)16-21-8-4-5-9-23(21)27(24,26)29/h2-14,24,29H,15-16H2,1H3. The number of carbonyl (C=O) groups excluding carboxylic acids is 1. The highest BCUT2D eigenvalue weighted by atomic mass is 16.5. The molecule has 3 atom stereocenters. The van der Waals surface area contributed by atoms with Gasteiger partial charge in [-0.3, -0.25) is 0 Å². The van der Waals surface area contributed by atoms with Gasteiger partial charge in [-0.2, -0.15) is 0 Å². The monoisotopic (exact) mass is 394 g/mol. The zero-order valence-electron chi connectivity index (χ0n) is 16.8. The number of aliphatic hydroxyl groups is 1. The fourth-order valence-corrected chi connectivity index (χ4v) is 6.06. The van der Waals surface area contributed by atoms with E-state index in [9.17, 15) is 9.90 Å². The van der Waals surface area contributed by atoms with E-state index in [1.54, 1.807) is 12.1 Å². The Hall–Kier alpha value is -3.17. The highest BCUT2D eigenvalue weighted by Crippen LogP contribution is 2.81. The van der Waals surface area contributed by atoms with Crippen molar-refractivity contribution < 1.29 is 14.6 Å². The number of carbonyl (C=O) groups is 1. The van der Waals surface area contributed by atoms with Crippen molar-refractivity contribution in [2.24, 2.45) is 5.41 Å². The summed E-state index contributed by atoms with van der Waals surface area (Å²) < 4.78 is 4.83. The highest BCUT2D eigenvalue weighted by molar-refractivity contribution is 5.89. The van der Waals surface area contributed by atoms with Gasteiger partial charge in [0.25, 0.3) is 0 Å². The van der Waals surface area contributed by atoms with Crippen molar-refractivity contribution in [2.45, 2.75) is 24.4 Å². The molecule has 3 aliphatic rings. The van der Waals surface area contributed by atoms with Gasteiger partial charge < -0.3 is 9.84 Å². The van der Waals surface area contributed by atoms with Gasteiger partial charge in [-0.25, -0.2) is 4.79 Å². The summed E-state index contributed by atoms with van der Waals surface area (Å²) in [5, 5.41) is 12.1. The molecule has 30 heavy (non-hydrogen) atoms. The molecule has 0 radical (unpaired) electrons. The molecule has 3 unspecified atom stereocenters. The topological polar surface area (TPSA) is 46.5 Å². The third-order valence-corrected chi connectivity index (χ3v) is 7.41. The van der Waals surface area contributed by atoms with Crippen LogP contribution in [0.5, 0.6) is 0 Å². The van der Waals surface area contributed by atoms with Crippen LogP contribution in [0.25, 0.3) is 6.08 Å². The largest absolute Gasteiger partial charge is 0.465 e. The average Bonchev–Trinajstić information content (AvgIpc) is 3.07. The number of esters is 1. The molecule has 0 aliphatic heterocycles. The number of fused-ring (bicyclic) bond motifs is 4. The highest BCUT2D eigenvalue weighted by Gasteiger charge is 2.81. The van der Waals surface area contributed by atoms with E-state index in [0.717, 1.165) is 24.0 Å². The SMILES string of the molecule is COC(=O)c1ccc(C2C3(C4=Cc5ccccc5C4)Cc4ccccc4C23O)cc1. The Morgan fingerprint density at radius 3 is 2.40 bits per heavy atom. The van der Waals surface area contributed by atoms with Gasteiger partial charge in [0.1, 0.15) is 5.60 Å². The van der Waals surface area contributed by atoms with Crippen molar-refractivity contribution in [3.63, 3.8) is 0 Å². The summed E-state index contributed by atoms with van der Waals surface area (Å²) in [7, 11) is 1.39. The van der Waals surface area contributed by atoms with E-state index in [4.69, 9.17) is 4.74 Å². The van der Waals surface area contributed by atoms with Crippen molar-refractivity contribution in [3.8, 4) is 0 Å². The maximum Gasteiger partial charge on any atom is 0.337 e. The van der Waals surface area contributed by atoms with Gasteiger partial charge in [-0.05, 0) is 52.8 Å². The van der Waals surface area contributed by atoms with Crippen LogP contribution in [0.3, 0.4) is 0 Å². The quantitative estimate of drug-likeness (QED) is 0.659. The summed E-state index contributed by atoms with van der Waals surface area (Å²) >= 11 is 0. The molecule has 1 saturated carbocycles. The predicted molar refractivity (Wildman–Crippen MR) is 115 cm³/mol. The molecule has 3 aliphatic carbocycles. The van der Waals surface area contributed by atoms with Crippen LogP contribution in [0, 0.1) is 5.41 Å². The zero-order valence-corrected chi connectivity index (χ0v) is 16.8. The Morgan fingerprint density at radius 1 is 0.967 bits per heavy atom. The summed E-state index contributed by atoms with van der Waals surface area (Å²) in [5.74, 6) is -0.363. The molecule has 0 bridgehead atoms. The molecule has 3 aromatic rings. The van der Waals surface area contributed by atoms with Gasteiger partial charge in [-0.15, -0.1) is 0 Å². The first-order valence-electron chi connectivity index (χ1n) is 10.4. The Morgan fingerprint density at radius 2 is 1.67 bits per heavy atom. The third kappa shape index (κ3) is 2.06. The fraction of sp³-hybridized carbons (Fsp3) is 0.222.